The summed E-state index contributed by atoms with van der Waals surface area (Å²) < 4.78 is 5.26. The molecule has 1 aliphatic carbocycles. The van der Waals surface area contributed by atoms with Crippen LogP contribution in [0.3, 0.4) is 0 Å². The first-order chi connectivity index (χ1) is 8.74. The fraction of sp³-hybridized carbons (Fsp3) is 0.538. The fourth-order valence-corrected chi connectivity index (χ4v) is 2.93. The smallest absolute Gasteiger partial charge is 0.348 e. The summed E-state index contributed by atoms with van der Waals surface area (Å²) in [7, 11) is 0. The lowest BCUT2D eigenvalue weighted by molar-refractivity contribution is -0.128. The van der Waals surface area contributed by atoms with E-state index in [0.717, 1.165) is 19.4 Å². The van der Waals surface area contributed by atoms with Crippen LogP contribution in [-0.2, 0) is 9.53 Å². The molecule has 0 bridgehead atoms. The highest BCUT2D eigenvalue weighted by atomic mass is 32.1. The summed E-state index contributed by atoms with van der Waals surface area (Å²) in [4.78, 5) is 26.0. The molecule has 96 valence electrons. The van der Waals surface area contributed by atoms with Crippen molar-refractivity contribution >= 4 is 23.2 Å². The van der Waals surface area contributed by atoms with Gasteiger partial charge in [-0.05, 0) is 24.3 Å². The molecule has 0 N–H and O–H groups in total. The van der Waals surface area contributed by atoms with Crippen molar-refractivity contribution in [3.05, 3.63) is 22.4 Å². The van der Waals surface area contributed by atoms with Crippen LogP contribution in [0.4, 0.5) is 0 Å². The zero-order valence-corrected chi connectivity index (χ0v) is 10.8. The molecule has 1 atom stereocenters. The van der Waals surface area contributed by atoms with E-state index < -0.39 is 0 Å². The van der Waals surface area contributed by atoms with Crippen molar-refractivity contribution in [2.24, 2.45) is 5.92 Å². The lowest BCUT2D eigenvalue weighted by Crippen LogP contribution is -2.27. The van der Waals surface area contributed by atoms with Crippen molar-refractivity contribution in [1.29, 1.82) is 0 Å². The largest absolute Gasteiger partial charge is 0.461 e. The minimum atomic E-state index is -0.276. The summed E-state index contributed by atoms with van der Waals surface area (Å²) in [5.41, 5.74) is 0. The lowest BCUT2D eigenvalue weighted by Gasteiger charge is -2.15. The van der Waals surface area contributed by atoms with E-state index in [1.54, 1.807) is 6.07 Å². The first kappa shape index (κ1) is 11.7. The van der Waals surface area contributed by atoms with Gasteiger partial charge in [0.25, 0.3) is 0 Å². The van der Waals surface area contributed by atoms with Gasteiger partial charge in [0.15, 0.2) is 0 Å². The molecule has 5 heteroatoms. The summed E-state index contributed by atoms with van der Waals surface area (Å²) in [6.45, 7) is 1.10. The Balaban J connectivity index is 1.49. The highest BCUT2D eigenvalue weighted by Crippen LogP contribution is 2.32. The van der Waals surface area contributed by atoms with Gasteiger partial charge in [-0.15, -0.1) is 11.3 Å². The number of hydrogen-bond donors (Lipinski definition) is 0. The van der Waals surface area contributed by atoms with Gasteiger partial charge in [0.05, 0.1) is 6.61 Å². The number of carbonyl (C=O) groups is 2. The Morgan fingerprint density at radius 3 is 3.00 bits per heavy atom. The number of thiophene rings is 1. The van der Waals surface area contributed by atoms with E-state index in [9.17, 15) is 9.59 Å². The third-order valence-corrected chi connectivity index (χ3v) is 4.25. The average molecular weight is 265 g/mol. The van der Waals surface area contributed by atoms with Crippen molar-refractivity contribution in [3.8, 4) is 0 Å². The zero-order valence-electron chi connectivity index (χ0n) is 10.0. The molecule has 2 aliphatic rings. The Morgan fingerprint density at radius 1 is 1.50 bits per heavy atom. The van der Waals surface area contributed by atoms with Crippen LogP contribution in [0.5, 0.6) is 0 Å². The predicted octanol–water partition coefficient (Wildman–Crippen LogP) is 1.92. The summed E-state index contributed by atoms with van der Waals surface area (Å²) >= 11 is 1.38. The van der Waals surface area contributed by atoms with Gasteiger partial charge in [0.1, 0.15) is 4.88 Å². The lowest BCUT2D eigenvalue weighted by atomic mass is 10.1. The van der Waals surface area contributed by atoms with Crippen LogP contribution in [0.15, 0.2) is 17.5 Å². The van der Waals surface area contributed by atoms with E-state index in [1.807, 2.05) is 16.3 Å². The van der Waals surface area contributed by atoms with Crippen molar-refractivity contribution < 1.29 is 14.3 Å². The number of esters is 1. The Hall–Kier alpha value is -1.36. The van der Waals surface area contributed by atoms with Crippen LogP contribution in [0, 0.1) is 5.92 Å². The molecule has 4 nitrogen and oxygen atoms in total. The Bertz CT molecular complexity index is 453. The Kier molecular flexibility index (Phi) is 3.07. The van der Waals surface area contributed by atoms with E-state index >= 15 is 0 Å². The average Bonchev–Trinajstić information content (AvgIpc) is 2.91. The van der Waals surface area contributed by atoms with Crippen LogP contribution < -0.4 is 0 Å². The minimum absolute atomic E-state index is 0.169. The van der Waals surface area contributed by atoms with Gasteiger partial charge in [-0.2, -0.15) is 0 Å². The molecule has 2 heterocycles. The van der Waals surface area contributed by atoms with Gasteiger partial charge in [-0.25, -0.2) is 4.79 Å². The molecular weight excluding hydrogens is 250 g/mol. The van der Waals surface area contributed by atoms with Crippen LogP contribution in [0.2, 0.25) is 0 Å². The molecule has 3 rings (SSSR count). The van der Waals surface area contributed by atoms with Crippen LogP contribution in [0.25, 0.3) is 0 Å². The zero-order chi connectivity index (χ0) is 12.5. The quantitative estimate of drug-likeness (QED) is 0.781. The van der Waals surface area contributed by atoms with Gasteiger partial charge in [-0.1, -0.05) is 6.07 Å². The van der Waals surface area contributed by atoms with E-state index in [1.165, 1.54) is 11.3 Å². The van der Waals surface area contributed by atoms with Crippen LogP contribution in [-0.4, -0.2) is 36.0 Å². The third kappa shape index (κ3) is 2.41. The van der Waals surface area contributed by atoms with Gasteiger partial charge in [0.2, 0.25) is 5.91 Å². The molecule has 1 amide bonds. The van der Waals surface area contributed by atoms with E-state index in [-0.39, 0.29) is 17.8 Å². The maximum Gasteiger partial charge on any atom is 0.348 e. The van der Waals surface area contributed by atoms with Gasteiger partial charge < -0.3 is 9.64 Å². The number of likely N-dealkylation sites (tertiary alicyclic amines) is 1. The molecule has 0 radical (unpaired) electrons. The molecule has 0 spiro atoms. The number of hydrogen-bond acceptors (Lipinski definition) is 4. The normalized spacial score (nSPS) is 23.4. The first-order valence-corrected chi connectivity index (χ1v) is 7.12. The van der Waals surface area contributed by atoms with Crippen molar-refractivity contribution in [1.82, 2.24) is 4.90 Å². The van der Waals surface area contributed by atoms with Gasteiger partial charge in [0, 0.05) is 24.9 Å². The fourth-order valence-electron chi connectivity index (χ4n) is 2.32. The second-order valence-electron chi connectivity index (χ2n) is 4.92. The molecule has 1 unspecified atom stereocenters. The highest BCUT2D eigenvalue weighted by molar-refractivity contribution is 7.11. The Labute approximate surface area is 110 Å². The number of amides is 1. The minimum Gasteiger partial charge on any atom is -0.461 e. The molecule has 1 saturated carbocycles. The topological polar surface area (TPSA) is 46.6 Å². The number of rotatable bonds is 4. The molecule has 1 aromatic heterocycles. The summed E-state index contributed by atoms with van der Waals surface area (Å²) in [5.74, 6) is 0.110. The van der Waals surface area contributed by atoms with Crippen LogP contribution >= 0.6 is 11.3 Å². The second-order valence-corrected chi connectivity index (χ2v) is 5.87. The maximum absolute atomic E-state index is 11.7. The first-order valence-electron chi connectivity index (χ1n) is 6.24. The second kappa shape index (κ2) is 4.72. The highest BCUT2D eigenvalue weighted by Gasteiger charge is 2.39. The van der Waals surface area contributed by atoms with Gasteiger partial charge >= 0.3 is 5.97 Å². The predicted molar refractivity (Wildman–Crippen MR) is 67.4 cm³/mol. The summed E-state index contributed by atoms with van der Waals surface area (Å²) in [5, 5.41) is 1.85. The van der Waals surface area contributed by atoms with Crippen molar-refractivity contribution in [3.63, 3.8) is 0 Å². The monoisotopic (exact) mass is 265 g/mol. The summed E-state index contributed by atoms with van der Waals surface area (Å²) in [6.07, 6.45) is 2.79. The van der Waals surface area contributed by atoms with E-state index in [4.69, 9.17) is 4.74 Å². The Morgan fingerprint density at radius 2 is 2.33 bits per heavy atom. The molecule has 2 fully saturated rings. The molecule has 1 saturated heterocycles. The van der Waals surface area contributed by atoms with Crippen LogP contribution in [0.1, 0.15) is 28.9 Å². The number of ether oxygens (including phenoxy) is 1. The van der Waals surface area contributed by atoms with E-state index in [2.05, 4.69) is 0 Å². The van der Waals surface area contributed by atoms with Gasteiger partial charge in [-0.3, -0.25) is 4.79 Å². The molecule has 1 aliphatic heterocycles. The molecular formula is C13H15NO3S. The molecule has 0 aromatic carbocycles. The SMILES string of the molecule is O=C(OCC1CC(=O)N(C2CC2)C1)c1cccs1. The van der Waals surface area contributed by atoms with Crippen molar-refractivity contribution in [2.75, 3.05) is 13.2 Å². The molecule has 18 heavy (non-hydrogen) atoms. The molecule has 1 aromatic rings. The third-order valence-electron chi connectivity index (χ3n) is 3.40. The maximum atomic E-state index is 11.7. The summed E-state index contributed by atoms with van der Waals surface area (Å²) in [6, 6.07) is 4.05. The van der Waals surface area contributed by atoms with E-state index in [0.29, 0.717) is 23.9 Å². The number of nitrogens with zero attached hydrogens (tertiary/aromatic N) is 1. The standard InChI is InChI=1S/C13H15NO3S/c15-12-6-9(7-14(12)10-3-4-10)8-17-13(16)11-2-1-5-18-11/h1-2,5,9-10H,3-4,6-8H2. The number of carbonyl (C=O) groups excluding carboxylic acids is 2. The van der Waals surface area contributed by atoms with Crippen molar-refractivity contribution in [2.45, 2.75) is 25.3 Å².